The summed E-state index contributed by atoms with van der Waals surface area (Å²) in [4.78, 5) is 36.7. The third kappa shape index (κ3) is 3.84. The van der Waals surface area contributed by atoms with Crippen LogP contribution >= 0.6 is 23.4 Å². The summed E-state index contributed by atoms with van der Waals surface area (Å²) in [5, 5.41) is 20.8. The summed E-state index contributed by atoms with van der Waals surface area (Å²) in [6, 6.07) is 5.56. The Labute approximate surface area is 184 Å². The predicted molar refractivity (Wildman–Crippen MR) is 110 cm³/mol. The van der Waals surface area contributed by atoms with Crippen LogP contribution in [-0.2, 0) is 11.3 Å². The van der Waals surface area contributed by atoms with Crippen LogP contribution in [0.1, 0.15) is 11.1 Å². The van der Waals surface area contributed by atoms with Gasteiger partial charge in [-0.3, -0.25) is 24.6 Å². The predicted octanol–water partition coefficient (Wildman–Crippen LogP) is 3.93. The van der Waals surface area contributed by atoms with Crippen molar-refractivity contribution in [3.8, 4) is 23.0 Å². The van der Waals surface area contributed by atoms with Crippen LogP contribution in [0.15, 0.2) is 29.2 Å². The van der Waals surface area contributed by atoms with Gasteiger partial charge in [0.25, 0.3) is 11.1 Å². The lowest BCUT2D eigenvalue weighted by atomic mass is 10.1. The highest BCUT2D eigenvalue weighted by Gasteiger charge is 2.36. The molecule has 2 aliphatic rings. The molecule has 2 aromatic carbocycles. The van der Waals surface area contributed by atoms with E-state index in [9.17, 15) is 24.8 Å². The second-order valence-corrected chi connectivity index (χ2v) is 7.81. The Morgan fingerprint density at radius 2 is 2.00 bits per heavy atom. The van der Waals surface area contributed by atoms with Gasteiger partial charge in [-0.05, 0) is 41.1 Å². The summed E-state index contributed by atoms with van der Waals surface area (Å²) >= 11 is 6.92. The highest BCUT2D eigenvalue weighted by Crippen LogP contribution is 2.41. The lowest BCUT2D eigenvalue weighted by Gasteiger charge is -2.14. The Kier molecular flexibility index (Phi) is 5.38. The van der Waals surface area contributed by atoms with Crippen LogP contribution in [0.4, 0.5) is 10.5 Å². The number of carbonyl (C=O) groups is 2. The van der Waals surface area contributed by atoms with Gasteiger partial charge in [0.2, 0.25) is 12.5 Å². The van der Waals surface area contributed by atoms with Crippen molar-refractivity contribution in [3.05, 3.63) is 55.4 Å². The first-order valence-electron chi connectivity index (χ1n) is 8.67. The zero-order valence-electron chi connectivity index (χ0n) is 15.8. The molecule has 2 aromatic rings. The van der Waals surface area contributed by atoms with Gasteiger partial charge < -0.3 is 19.3 Å². The van der Waals surface area contributed by atoms with E-state index >= 15 is 0 Å². The number of amides is 2. The number of ether oxygens (including phenoxy) is 3. The Balaban J connectivity index is 1.63. The van der Waals surface area contributed by atoms with E-state index < -0.39 is 27.5 Å². The number of rotatable bonds is 5. The SMILES string of the molecule is COc1cc(/C=C2\SC(=O)N(Cc3cc4c(cc3Cl)OCO4)C2=O)cc([N+](=O)[O-])c1O. The number of aromatic hydroxyl groups is 1. The largest absolute Gasteiger partial charge is 0.500 e. The second-order valence-electron chi connectivity index (χ2n) is 6.41. The van der Waals surface area contributed by atoms with Gasteiger partial charge in [-0.1, -0.05) is 11.6 Å². The number of imide groups is 1. The second kappa shape index (κ2) is 8.00. The molecule has 1 N–H and O–H groups in total. The number of fused-ring (bicyclic) bond motifs is 1. The fourth-order valence-corrected chi connectivity index (χ4v) is 4.08. The number of phenols is 1. The summed E-state index contributed by atoms with van der Waals surface area (Å²) in [5.74, 6) is -0.406. The number of benzene rings is 2. The fraction of sp³-hybridized carbons (Fsp3) is 0.158. The Morgan fingerprint density at radius 1 is 1.29 bits per heavy atom. The Morgan fingerprint density at radius 3 is 2.68 bits per heavy atom. The number of phenolic OH excluding ortho intramolecular Hbond substituents is 1. The number of halogens is 1. The topological polar surface area (TPSA) is 128 Å². The maximum atomic E-state index is 12.8. The fourth-order valence-electron chi connectivity index (χ4n) is 3.03. The quantitative estimate of drug-likeness (QED) is 0.397. The van der Waals surface area contributed by atoms with Crippen LogP contribution in [0, 0.1) is 10.1 Å². The molecule has 1 saturated heterocycles. The minimum absolute atomic E-state index is 0.0572. The van der Waals surface area contributed by atoms with E-state index in [-0.39, 0.29) is 29.6 Å². The molecule has 0 bridgehead atoms. The summed E-state index contributed by atoms with van der Waals surface area (Å²) in [6.45, 7) is -0.0296. The molecule has 2 heterocycles. The van der Waals surface area contributed by atoms with Crippen LogP contribution in [0.2, 0.25) is 5.02 Å². The first-order chi connectivity index (χ1) is 14.8. The van der Waals surface area contributed by atoms with Crippen LogP contribution in [-0.4, -0.2) is 40.0 Å². The first kappa shape index (κ1) is 20.8. The maximum absolute atomic E-state index is 12.8. The van der Waals surface area contributed by atoms with Crippen molar-refractivity contribution < 1.29 is 33.8 Å². The molecule has 2 aliphatic heterocycles. The van der Waals surface area contributed by atoms with Crippen molar-refractivity contribution in [2.24, 2.45) is 0 Å². The normalized spacial score (nSPS) is 16.3. The number of methoxy groups -OCH3 is 1. The third-order valence-electron chi connectivity index (χ3n) is 4.54. The molecule has 0 atom stereocenters. The molecule has 0 unspecified atom stereocenters. The molecule has 4 rings (SSSR count). The molecular formula is C19H13ClN2O8S. The number of nitro groups is 1. The van der Waals surface area contributed by atoms with Crippen molar-refractivity contribution in [2.45, 2.75) is 6.54 Å². The highest BCUT2D eigenvalue weighted by atomic mass is 35.5. The Hall–Kier alpha value is -3.44. The van der Waals surface area contributed by atoms with Crippen LogP contribution < -0.4 is 14.2 Å². The zero-order chi connectivity index (χ0) is 22.3. The smallest absolute Gasteiger partial charge is 0.315 e. The molecule has 0 saturated carbocycles. The zero-order valence-corrected chi connectivity index (χ0v) is 17.4. The van der Waals surface area contributed by atoms with Crippen molar-refractivity contribution in [1.82, 2.24) is 4.90 Å². The van der Waals surface area contributed by atoms with Crippen LogP contribution in [0.3, 0.4) is 0 Å². The molecule has 10 nitrogen and oxygen atoms in total. The lowest BCUT2D eigenvalue weighted by molar-refractivity contribution is -0.386. The molecule has 1 fully saturated rings. The van der Waals surface area contributed by atoms with Gasteiger partial charge in [-0.15, -0.1) is 0 Å². The summed E-state index contributed by atoms with van der Waals surface area (Å²) in [6.07, 6.45) is 1.32. The van der Waals surface area contributed by atoms with Crippen LogP contribution in [0.25, 0.3) is 6.08 Å². The minimum Gasteiger partial charge on any atom is -0.500 e. The van der Waals surface area contributed by atoms with E-state index in [0.717, 1.165) is 11.0 Å². The van der Waals surface area contributed by atoms with Crippen molar-refractivity contribution >= 4 is 46.3 Å². The number of hydrogen-bond donors (Lipinski definition) is 1. The van der Waals surface area contributed by atoms with E-state index in [1.54, 1.807) is 12.1 Å². The van der Waals surface area contributed by atoms with E-state index in [2.05, 4.69) is 0 Å². The molecular weight excluding hydrogens is 452 g/mol. The van der Waals surface area contributed by atoms with Gasteiger partial charge in [0.1, 0.15) is 0 Å². The van der Waals surface area contributed by atoms with Crippen molar-refractivity contribution in [1.29, 1.82) is 0 Å². The molecule has 160 valence electrons. The first-order valence-corrected chi connectivity index (χ1v) is 9.86. The standard InChI is InChI=1S/C19H13ClN2O8S/c1-28-15-3-9(2-12(17(15)23)22(26)27)4-16-18(24)21(19(25)31-16)7-10-5-13-14(6-11(10)20)30-8-29-13/h2-6,23H,7-8H2,1H3/b16-4-. The molecule has 31 heavy (non-hydrogen) atoms. The molecule has 12 heteroatoms. The van der Waals surface area contributed by atoms with Crippen LogP contribution in [0.5, 0.6) is 23.0 Å². The van der Waals surface area contributed by atoms with E-state index in [0.29, 0.717) is 33.8 Å². The lowest BCUT2D eigenvalue weighted by Crippen LogP contribution is -2.27. The molecule has 0 spiro atoms. The average molecular weight is 465 g/mol. The van der Waals surface area contributed by atoms with Crippen molar-refractivity contribution in [3.63, 3.8) is 0 Å². The number of hydrogen-bond acceptors (Lipinski definition) is 9. The summed E-state index contributed by atoms with van der Waals surface area (Å²) in [7, 11) is 1.24. The molecule has 0 aromatic heterocycles. The third-order valence-corrected chi connectivity index (χ3v) is 5.79. The monoisotopic (exact) mass is 464 g/mol. The minimum atomic E-state index is -0.775. The van der Waals surface area contributed by atoms with Gasteiger partial charge in [-0.2, -0.15) is 0 Å². The van der Waals surface area contributed by atoms with E-state index in [1.807, 2.05) is 0 Å². The number of thioether (sulfide) groups is 1. The molecule has 0 radical (unpaired) electrons. The summed E-state index contributed by atoms with van der Waals surface area (Å²) in [5.41, 5.74) is 0.126. The van der Waals surface area contributed by atoms with E-state index in [4.69, 9.17) is 25.8 Å². The molecule has 2 amide bonds. The number of nitro benzene ring substituents is 1. The number of carbonyl (C=O) groups excluding carboxylic acids is 2. The van der Waals surface area contributed by atoms with Gasteiger partial charge in [0.15, 0.2) is 17.2 Å². The maximum Gasteiger partial charge on any atom is 0.315 e. The van der Waals surface area contributed by atoms with Crippen molar-refractivity contribution in [2.75, 3.05) is 13.9 Å². The van der Waals surface area contributed by atoms with E-state index in [1.165, 1.54) is 19.3 Å². The van der Waals surface area contributed by atoms with Gasteiger partial charge in [0, 0.05) is 17.2 Å². The summed E-state index contributed by atoms with van der Waals surface area (Å²) < 4.78 is 15.5. The van der Waals surface area contributed by atoms with Gasteiger partial charge >= 0.3 is 5.69 Å². The number of nitrogens with zero attached hydrogens (tertiary/aromatic N) is 2. The molecule has 0 aliphatic carbocycles. The Bertz CT molecular complexity index is 1170. The van der Waals surface area contributed by atoms with Gasteiger partial charge in [-0.25, -0.2) is 0 Å². The van der Waals surface area contributed by atoms with Gasteiger partial charge in [0.05, 0.1) is 23.5 Å². The average Bonchev–Trinajstić information content (AvgIpc) is 3.28. The highest BCUT2D eigenvalue weighted by molar-refractivity contribution is 8.18.